The second-order valence-electron chi connectivity index (χ2n) is 13.8. The molecule has 0 spiro atoms. The molecule has 1 unspecified atom stereocenters. The molecule has 4 heterocycles. The summed E-state index contributed by atoms with van der Waals surface area (Å²) in [6, 6.07) is 41.0. The fourth-order valence-corrected chi connectivity index (χ4v) is 7.37. The molecule has 1 fully saturated rings. The lowest BCUT2D eigenvalue weighted by molar-refractivity contribution is -0.0461. The van der Waals surface area contributed by atoms with Crippen molar-refractivity contribution >= 4 is 35.0 Å². The van der Waals surface area contributed by atoms with Gasteiger partial charge in [0.2, 0.25) is 0 Å². The lowest BCUT2D eigenvalue weighted by Gasteiger charge is -2.47. The Hall–Kier alpha value is -6.98. The molecular weight excluding hydrogens is 721 g/mol. The molecule has 0 saturated carbocycles. The maximum atomic E-state index is 14.1. The van der Waals surface area contributed by atoms with Crippen molar-refractivity contribution in [3.8, 4) is 0 Å². The summed E-state index contributed by atoms with van der Waals surface area (Å²) in [6.07, 6.45) is 2.57. The lowest BCUT2D eigenvalue weighted by atomic mass is 9.83. The number of esters is 3. The highest BCUT2D eigenvalue weighted by molar-refractivity contribution is 6.04. The summed E-state index contributed by atoms with van der Waals surface area (Å²) in [7, 11) is 0. The topological polar surface area (TPSA) is 130 Å². The van der Waals surface area contributed by atoms with Crippen LogP contribution < -0.4 is 4.90 Å². The van der Waals surface area contributed by atoms with Crippen LogP contribution in [0.3, 0.4) is 0 Å². The van der Waals surface area contributed by atoms with Gasteiger partial charge in [-0.3, -0.25) is 15.0 Å². The number of rotatable bonds is 10. The van der Waals surface area contributed by atoms with Crippen molar-refractivity contribution < 1.29 is 33.3 Å². The van der Waals surface area contributed by atoms with Crippen LogP contribution in [0, 0.1) is 0 Å². The number of aromatic nitrogens is 2. The first kappa shape index (κ1) is 37.0. The van der Waals surface area contributed by atoms with E-state index in [2.05, 4.69) is 16.9 Å². The Kier molecular flexibility index (Phi) is 10.6. The first-order valence-electron chi connectivity index (χ1n) is 18.6. The quantitative estimate of drug-likeness (QED) is 0.101. The summed E-state index contributed by atoms with van der Waals surface area (Å²) >= 11 is 0. The Morgan fingerprint density at radius 2 is 1.16 bits per heavy atom. The third-order valence-electron chi connectivity index (χ3n) is 10.2. The molecule has 5 atom stereocenters. The van der Waals surface area contributed by atoms with Gasteiger partial charge in [-0.1, -0.05) is 66.7 Å². The third kappa shape index (κ3) is 7.78. The molecule has 11 nitrogen and oxygen atoms in total. The number of aliphatic imine (C=N–C) groups is 1. The van der Waals surface area contributed by atoms with Crippen LogP contribution in [0.4, 0.5) is 11.4 Å². The number of ether oxygens (including phenoxy) is 4. The summed E-state index contributed by atoms with van der Waals surface area (Å²) in [5, 5.41) is 0. The molecule has 0 bridgehead atoms. The minimum Gasteiger partial charge on any atom is -0.459 e. The zero-order valence-electron chi connectivity index (χ0n) is 31.0. The molecule has 11 heteroatoms. The molecule has 0 amide bonds. The van der Waals surface area contributed by atoms with E-state index in [1.54, 1.807) is 116 Å². The van der Waals surface area contributed by atoms with Crippen molar-refractivity contribution in [1.29, 1.82) is 0 Å². The van der Waals surface area contributed by atoms with Gasteiger partial charge in [-0.05, 0) is 90.8 Å². The SMILES string of the molecule is CC1(c2ccncc2)CC(c2ccncc2)=Nc2ccccc2N1[C@@H]1O[C@H](COC(=O)c2ccccc2)[C@@H](OC(=O)c2ccccc2)[C@H]1OC(=O)c1ccccc1. The summed E-state index contributed by atoms with van der Waals surface area (Å²) in [5.41, 5.74) is 3.78. The monoisotopic (exact) mass is 758 g/mol. The van der Waals surface area contributed by atoms with Crippen LogP contribution in [-0.4, -0.2) is 64.7 Å². The Bertz CT molecular complexity index is 2370. The van der Waals surface area contributed by atoms with Gasteiger partial charge >= 0.3 is 17.9 Å². The van der Waals surface area contributed by atoms with Gasteiger partial charge in [0.15, 0.2) is 18.4 Å². The number of para-hydroxylation sites is 2. The number of hydrogen-bond acceptors (Lipinski definition) is 11. The van der Waals surface area contributed by atoms with Gasteiger partial charge in [-0.15, -0.1) is 0 Å². The van der Waals surface area contributed by atoms with Crippen LogP contribution in [0.5, 0.6) is 0 Å². The number of pyridine rings is 2. The Morgan fingerprint density at radius 3 is 1.75 bits per heavy atom. The second-order valence-corrected chi connectivity index (χ2v) is 13.8. The molecular formula is C46H38N4O7. The van der Waals surface area contributed by atoms with E-state index in [0.717, 1.165) is 16.8 Å². The standard InChI is InChI=1S/C46H38N4O7/c1-46(35-23-27-48-28-24-35)29-37(31-21-25-47-26-22-31)49-36-19-11-12-20-38(36)50(46)42-41(57-45(53)34-17-9-4-10-18-34)40(56-44(52)33-15-7-3-8-16-33)39(55-42)30-54-43(51)32-13-5-2-6-14-32/h2-28,39-42H,29-30H2,1H3/t39-,40-,41-,42-,46?/m1/s1. The molecule has 2 aliphatic heterocycles. The van der Waals surface area contributed by atoms with Crippen molar-refractivity contribution in [2.75, 3.05) is 11.5 Å². The number of nitrogens with zero attached hydrogens (tertiary/aromatic N) is 4. The molecule has 57 heavy (non-hydrogen) atoms. The van der Waals surface area contributed by atoms with Crippen molar-refractivity contribution in [1.82, 2.24) is 9.97 Å². The van der Waals surface area contributed by atoms with Crippen LogP contribution in [-0.2, 0) is 24.5 Å². The smallest absolute Gasteiger partial charge is 0.338 e. The highest BCUT2D eigenvalue weighted by Gasteiger charge is 2.57. The number of anilines is 1. The summed E-state index contributed by atoms with van der Waals surface area (Å²) in [4.78, 5) is 57.2. The van der Waals surface area contributed by atoms with Gasteiger partial charge in [0.25, 0.3) is 0 Å². The summed E-state index contributed by atoms with van der Waals surface area (Å²) in [6.45, 7) is 1.74. The van der Waals surface area contributed by atoms with Gasteiger partial charge in [0.1, 0.15) is 12.7 Å². The van der Waals surface area contributed by atoms with E-state index in [1.807, 2.05) is 53.4 Å². The molecule has 8 rings (SSSR count). The second kappa shape index (κ2) is 16.4. The van der Waals surface area contributed by atoms with Crippen molar-refractivity contribution in [2.45, 2.75) is 43.4 Å². The molecule has 2 aromatic heterocycles. The highest BCUT2D eigenvalue weighted by Crippen LogP contribution is 2.48. The predicted octanol–water partition coefficient (Wildman–Crippen LogP) is 7.76. The molecule has 0 aliphatic carbocycles. The van der Waals surface area contributed by atoms with E-state index in [-0.39, 0.29) is 12.2 Å². The van der Waals surface area contributed by atoms with Gasteiger partial charge in [0, 0.05) is 31.2 Å². The van der Waals surface area contributed by atoms with E-state index in [0.29, 0.717) is 28.9 Å². The Morgan fingerprint density at radius 1 is 0.649 bits per heavy atom. The van der Waals surface area contributed by atoms with Crippen LogP contribution in [0.25, 0.3) is 0 Å². The van der Waals surface area contributed by atoms with Crippen molar-refractivity contribution in [2.24, 2.45) is 4.99 Å². The predicted molar refractivity (Wildman–Crippen MR) is 212 cm³/mol. The van der Waals surface area contributed by atoms with Gasteiger partial charge in [0.05, 0.1) is 39.3 Å². The van der Waals surface area contributed by atoms with E-state index in [4.69, 9.17) is 23.9 Å². The normalized spacial score (nSPS) is 21.4. The number of benzene rings is 4. The van der Waals surface area contributed by atoms with E-state index < -0.39 is 48.0 Å². The third-order valence-corrected chi connectivity index (χ3v) is 10.2. The molecule has 2 aliphatic rings. The van der Waals surface area contributed by atoms with E-state index in [9.17, 15) is 14.4 Å². The number of hydrogen-bond donors (Lipinski definition) is 0. The number of carbonyl (C=O) groups is 3. The number of fused-ring (bicyclic) bond motifs is 1. The van der Waals surface area contributed by atoms with Crippen LogP contribution >= 0.6 is 0 Å². The maximum absolute atomic E-state index is 14.1. The first-order valence-corrected chi connectivity index (χ1v) is 18.6. The fourth-order valence-electron chi connectivity index (χ4n) is 7.37. The molecule has 0 radical (unpaired) electrons. The summed E-state index contributed by atoms with van der Waals surface area (Å²) < 4.78 is 25.6. The molecule has 284 valence electrons. The average Bonchev–Trinajstić information content (AvgIpc) is 3.51. The maximum Gasteiger partial charge on any atom is 0.338 e. The van der Waals surface area contributed by atoms with E-state index >= 15 is 0 Å². The first-order chi connectivity index (χ1) is 27.9. The largest absolute Gasteiger partial charge is 0.459 e. The highest BCUT2D eigenvalue weighted by atomic mass is 16.7. The number of carbonyl (C=O) groups excluding carboxylic acids is 3. The minimum absolute atomic E-state index is 0.284. The van der Waals surface area contributed by atoms with Crippen molar-refractivity contribution in [3.05, 3.63) is 192 Å². The lowest BCUT2D eigenvalue weighted by Crippen LogP contribution is -2.56. The van der Waals surface area contributed by atoms with Gasteiger partial charge in [-0.25, -0.2) is 14.4 Å². The van der Waals surface area contributed by atoms with Crippen LogP contribution in [0.1, 0.15) is 55.5 Å². The Balaban J connectivity index is 1.28. The van der Waals surface area contributed by atoms with Gasteiger partial charge in [-0.2, -0.15) is 0 Å². The molecule has 6 aromatic rings. The zero-order valence-corrected chi connectivity index (χ0v) is 31.0. The van der Waals surface area contributed by atoms with Crippen LogP contribution in [0.2, 0.25) is 0 Å². The molecule has 1 saturated heterocycles. The van der Waals surface area contributed by atoms with E-state index in [1.165, 1.54) is 0 Å². The van der Waals surface area contributed by atoms with Gasteiger partial charge < -0.3 is 23.8 Å². The Labute approximate surface area is 329 Å². The zero-order chi connectivity index (χ0) is 39.2. The average molecular weight is 759 g/mol. The molecule has 0 N–H and O–H groups in total. The minimum atomic E-state index is -1.25. The molecule has 4 aromatic carbocycles. The summed E-state index contributed by atoms with van der Waals surface area (Å²) in [5.74, 6) is -1.91. The van der Waals surface area contributed by atoms with Crippen molar-refractivity contribution in [3.63, 3.8) is 0 Å². The fraction of sp³-hybridized carbons (Fsp3) is 0.174. The van der Waals surface area contributed by atoms with Crippen LogP contribution in [0.15, 0.2) is 169 Å².